The monoisotopic (exact) mass is 259 g/mol. The van der Waals surface area contributed by atoms with Gasteiger partial charge in [0, 0.05) is 12.6 Å². The third kappa shape index (κ3) is 4.22. The summed E-state index contributed by atoms with van der Waals surface area (Å²) in [4.78, 5) is 1.94. The maximum Gasteiger partial charge on any atom is 0.238 e. The van der Waals surface area contributed by atoms with Crippen molar-refractivity contribution in [3.05, 3.63) is 18.2 Å². The normalized spacial score (nSPS) is 11.8. The number of rotatable bonds is 5. The van der Waals surface area contributed by atoms with Crippen LogP contribution in [0, 0.1) is 0 Å². The van der Waals surface area contributed by atoms with Crippen LogP contribution in [0.2, 0.25) is 0 Å². The quantitative estimate of drug-likeness (QED) is 0.717. The van der Waals surface area contributed by atoms with E-state index in [4.69, 9.17) is 15.6 Å². The molecule has 1 aromatic rings. The standard InChI is InChI=1S/C10H17N3O3S/c1-13(2)5-6-16-10-7-8(17(12,14)15)3-4-9(10)11/h3-4,7H,5-6,11H2,1-2H3,(H2,12,14,15). The topological polar surface area (TPSA) is 98.6 Å². The first kappa shape index (κ1) is 13.8. The van der Waals surface area contributed by atoms with Gasteiger partial charge < -0.3 is 15.4 Å². The molecular formula is C10H17N3O3S. The fourth-order valence-corrected chi connectivity index (χ4v) is 1.68. The van der Waals surface area contributed by atoms with Crippen LogP contribution in [-0.2, 0) is 10.0 Å². The molecule has 4 N–H and O–H groups in total. The molecule has 0 bridgehead atoms. The van der Waals surface area contributed by atoms with Gasteiger partial charge >= 0.3 is 0 Å². The SMILES string of the molecule is CN(C)CCOc1cc(S(N)(=O)=O)ccc1N. The predicted octanol–water partition coefficient (Wildman–Crippen LogP) is -0.143. The molecule has 6 nitrogen and oxygen atoms in total. The van der Waals surface area contributed by atoms with E-state index in [-0.39, 0.29) is 4.90 Å². The highest BCUT2D eigenvalue weighted by Gasteiger charge is 2.11. The lowest BCUT2D eigenvalue weighted by atomic mass is 10.3. The van der Waals surface area contributed by atoms with E-state index in [1.54, 1.807) is 0 Å². The Bertz CT molecular complexity index is 486. The maximum atomic E-state index is 11.2. The van der Waals surface area contributed by atoms with Gasteiger partial charge in [-0.25, -0.2) is 13.6 Å². The highest BCUT2D eigenvalue weighted by molar-refractivity contribution is 7.89. The van der Waals surface area contributed by atoms with E-state index in [0.29, 0.717) is 24.6 Å². The number of benzene rings is 1. The summed E-state index contributed by atoms with van der Waals surface area (Å²) < 4.78 is 27.7. The van der Waals surface area contributed by atoms with Gasteiger partial charge in [0.2, 0.25) is 10.0 Å². The first-order valence-electron chi connectivity index (χ1n) is 5.00. The highest BCUT2D eigenvalue weighted by Crippen LogP contribution is 2.24. The summed E-state index contributed by atoms with van der Waals surface area (Å²) in [5, 5.41) is 5.02. The molecule has 0 saturated carbocycles. The Kier molecular flexibility index (Phi) is 4.33. The van der Waals surface area contributed by atoms with Crippen LogP contribution in [0.15, 0.2) is 23.1 Å². The molecular weight excluding hydrogens is 242 g/mol. The van der Waals surface area contributed by atoms with Crippen LogP contribution < -0.4 is 15.6 Å². The zero-order chi connectivity index (χ0) is 13.1. The Balaban J connectivity index is 2.84. The molecule has 0 aliphatic heterocycles. The second kappa shape index (κ2) is 5.35. The van der Waals surface area contributed by atoms with Crippen LogP contribution in [0.1, 0.15) is 0 Å². The maximum absolute atomic E-state index is 11.2. The smallest absolute Gasteiger partial charge is 0.238 e. The van der Waals surface area contributed by atoms with Crippen molar-refractivity contribution in [1.29, 1.82) is 0 Å². The van der Waals surface area contributed by atoms with Crippen LogP contribution in [0.3, 0.4) is 0 Å². The zero-order valence-corrected chi connectivity index (χ0v) is 10.7. The Hall–Kier alpha value is -1.31. The Morgan fingerprint density at radius 1 is 1.35 bits per heavy atom. The summed E-state index contributed by atoms with van der Waals surface area (Å²) in [6.07, 6.45) is 0. The molecule has 1 aromatic carbocycles. The Morgan fingerprint density at radius 2 is 2.00 bits per heavy atom. The lowest BCUT2D eigenvalue weighted by Crippen LogP contribution is -2.20. The lowest BCUT2D eigenvalue weighted by Gasteiger charge is -2.13. The third-order valence-corrected chi connectivity index (χ3v) is 3.02. The van der Waals surface area contributed by atoms with Crippen molar-refractivity contribution in [2.75, 3.05) is 33.0 Å². The summed E-state index contributed by atoms with van der Waals surface area (Å²) >= 11 is 0. The first-order chi connectivity index (χ1) is 7.80. The van der Waals surface area contributed by atoms with Crippen molar-refractivity contribution >= 4 is 15.7 Å². The molecule has 0 spiro atoms. The number of hydrogen-bond donors (Lipinski definition) is 2. The number of likely N-dealkylation sites (N-methyl/N-ethyl adjacent to an activating group) is 1. The molecule has 0 unspecified atom stereocenters. The van der Waals surface area contributed by atoms with Crippen molar-refractivity contribution < 1.29 is 13.2 Å². The molecule has 7 heteroatoms. The fourth-order valence-electron chi connectivity index (χ4n) is 1.15. The molecule has 0 amide bonds. The number of anilines is 1. The van der Waals surface area contributed by atoms with E-state index in [2.05, 4.69) is 0 Å². The predicted molar refractivity (Wildman–Crippen MR) is 66.3 cm³/mol. The largest absolute Gasteiger partial charge is 0.490 e. The van der Waals surface area contributed by atoms with Crippen LogP contribution in [0.25, 0.3) is 0 Å². The summed E-state index contributed by atoms with van der Waals surface area (Å²) in [7, 11) is 0.0910. The molecule has 0 atom stereocenters. The van der Waals surface area contributed by atoms with Crippen LogP contribution in [0.4, 0.5) is 5.69 Å². The average molecular weight is 259 g/mol. The molecule has 0 aliphatic rings. The zero-order valence-electron chi connectivity index (χ0n) is 9.88. The van der Waals surface area contributed by atoms with Gasteiger partial charge in [-0.3, -0.25) is 0 Å². The minimum Gasteiger partial charge on any atom is -0.490 e. The van der Waals surface area contributed by atoms with E-state index in [1.807, 2.05) is 19.0 Å². The summed E-state index contributed by atoms with van der Waals surface area (Å²) in [6, 6.07) is 4.15. The minimum atomic E-state index is -3.73. The van der Waals surface area contributed by atoms with E-state index in [9.17, 15) is 8.42 Å². The second-order valence-corrected chi connectivity index (χ2v) is 5.46. The number of ether oxygens (including phenoxy) is 1. The average Bonchev–Trinajstić information content (AvgIpc) is 2.18. The molecule has 1 rings (SSSR count). The van der Waals surface area contributed by atoms with Gasteiger partial charge in [-0.05, 0) is 26.2 Å². The molecule has 0 heterocycles. The molecule has 0 aliphatic carbocycles. The van der Waals surface area contributed by atoms with Gasteiger partial charge in [0.25, 0.3) is 0 Å². The third-order valence-electron chi connectivity index (χ3n) is 2.11. The van der Waals surface area contributed by atoms with Gasteiger partial charge in [0.05, 0.1) is 10.6 Å². The van der Waals surface area contributed by atoms with E-state index >= 15 is 0 Å². The number of nitrogens with zero attached hydrogens (tertiary/aromatic N) is 1. The number of hydrogen-bond acceptors (Lipinski definition) is 5. The van der Waals surface area contributed by atoms with Gasteiger partial charge in [0.1, 0.15) is 12.4 Å². The van der Waals surface area contributed by atoms with Gasteiger partial charge in [0.15, 0.2) is 0 Å². The fraction of sp³-hybridized carbons (Fsp3) is 0.400. The van der Waals surface area contributed by atoms with Crippen molar-refractivity contribution in [2.45, 2.75) is 4.90 Å². The van der Waals surface area contributed by atoms with Crippen LogP contribution >= 0.6 is 0 Å². The van der Waals surface area contributed by atoms with E-state index < -0.39 is 10.0 Å². The summed E-state index contributed by atoms with van der Waals surface area (Å²) in [5.41, 5.74) is 6.06. The van der Waals surface area contributed by atoms with Crippen LogP contribution in [0.5, 0.6) is 5.75 Å². The highest BCUT2D eigenvalue weighted by atomic mass is 32.2. The number of sulfonamides is 1. The van der Waals surface area contributed by atoms with E-state index in [1.165, 1.54) is 18.2 Å². The second-order valence-electron chi connectivity index (χ2n) is 3.90. The van der Waals surface area contributed by atoms with Gasteiger partial charge in [-0.2, -0.15) is 0 Å². The van der Waals surface area contributed by atoms with Crippen molar-refractivity contribution in [2.24, 2.45) is 5.14 Å². The van der Waals surface area contributed by atoms with Gasteiger partial charge in [-0.15, -0.1) is 0 Å². The van der Waals surface area contributed by atoms with Crippen molar-refractivity contribution in [3.8, 4) is 5.75 Å². The molecule has 0 radical (unpaired) electrons. The lowest BCUT2D eigenvalue weighted by molar-refractivity contribution is 0.262. The number of nitrogens with two attached hydrogens (primary N) is 2. The summed E-state index contributed by atoms with van der Waals surface area (Å²) in [6.45, 7) is 1.13. The molecule has 0 fully saturated rings. The van der Waals surface area contributed by atoms with Crippen molar-refractivity contribution in [3.63, 3.8) is 0 Å². The number of primary sulfonamides is 1. The molecule has 0 saturated heterocycles. The molecule has 0 aromatic heterocycles. The summed E-state index contributed by atoms with van der Waals surface area (Å²) in [5.74, 6) is 0.332. The molecule has 17 heavy (non-hydrogen) atoms. The van der Waals surface area contributed by atoms with Gasteiger partial charge in [-0.1, -0.05) is 0 Å². The van der Waals surface area contributed by atoms with Crippen LogP contribution in [-0.4, -0.2) is 40.6 Å². The first-order valence-corrected chi connectivity index (χ1v) is 6.55. The molecule has 96 valence electrons. The number of nitrogen functional groups attached to an aromatic ring is 1. The Labute approximate surface area is 101 Å². The Morgan fingerprint density at radius 3 is 2.53 bits per heavy atom. The van der Waals surface area contributed by atoms with E-state index in [0.717, 1.165) is 0 Å². The van der Waals surface area contributed by atoms with Crippen molar-refractivity contribution in [1.82, 2.24) is 4.90 Å². The minimum absolute atomic E-state index is 0.00782.